The van der Waals surface area contributed by atoms with E-state index >= 15 is 0 Å². The van der Waals surface area contributed by atoms with E-state index in [0.29, 0.717) is 5.92 Å². The van der Waals surface area contributed by atoms with Crippen LogP contribution in [0.2, 0.25) is 0 Å². The van der Waals surface area contributed by atoms with E-state index in [2.05, 4.69) is 45.9 Å². The Labute approximate surface area is 150 Å². The first-order valence-corrected chi connectivity index (χ1v) is 10.2. The normalized spacial score (nSPS) is 14.8. The molecule has 0 aliphatic rings. The molecule has 0 saturated heterocycles. The van der Waals surface area contributed by atoms with Gasteiger partial charge in [0.1, 0.15) is 0 Å². The van der Waals surface area contributed by atoms with Gasteiger partial charge in [-0.05, 0) is 41.9 Å². The van der Waals surface area contributed by atoms with E-state index in [9.17, 15) is 0 Å². The molecular formula is C23H37N. The Morgan fingerprint density at radius 3 is 2.00 bits per heavy atom. The van der Waals surface area contributed by atoms with Gasteiger partial charge in [-0.2, -0.15) is 5.26 Å². The number of hydrogen-bond donors (Lipinski definition) is 0. The summed E-state index contributed by atoms with van der Waals surface area (Å²) in [5.74, 6) is 2.25. The lowest BCUT2D eigenvalue weighted by Crippen LogP contribution is -2.22. The van der Waals surface area contributed by atoms with Gasteiger partial charge in [0.05, 0.1) is 11.6 Å². The number of nitriles is 1. The third-order valence-corrected chi connectivity index (χ3v) is 5.63. The lowest BCUT2D eigenvalue weighted by Gasteiger charge is -2.33. The van der Waals surface area contributed by atoms with E-state index in [0.717, 1.165) is 17.4 Å². The van der Waals surface area contributed by atoms with Crippen LogP contribution in [0.25, 0.3) is 0 Å². The Bertz CT molecular complexity index is 468. The molecule has 0 saturated carbocycles. The lowest BCUT2D eigenvalue weighted by molar-refractivity contribution is 0.233. The smallest absolute Gasteiger partial charge is 0.0991 e. The number of rotatable bonds is 12. The molecule has 0 spiro atoms. The van der Waals surface area contributed by atoms with Crippen molar-refractivity contribution >= 4 is 0 Å². The van der Waals surface area contributed by atoms with Crippen LogP contribution in [0.15, 0.2) is 24.3 Å². The Hall–Kier alpha value is -1.29. The van der Waals surface area contributed by atoms with Gasteiger partial charge in [0.25, 0.3) is 0 Å². The van der Waals surface area contributed by atoms with E-state index in [1.807, 2.05) is 12.1 Å². The van der Waals surface area contributed by atoms with Gasteiger partial charge in [0.15, 0.2) is 0 Å². The minimum Gasteiger partial charge on any atom is -0.192 e. The van der Waals surface area contributed by atoms with Crippen molar-refractivity contribution in [3.05, 3.63) is 35.4 Å². The van der Waals surface area contributed by atoms with Crippen LogP contribution in [-0.2, 0) is 0 Å². The fraction of sp³-hybridized carbons (Fsp3) is 0.696. The summed E-state index contributed by atoms with van der Waals surface area (Å²) in [6.45, 7) is 9.32. The fourth-order valence-electron chi connectivity index (χ4n) is 4.18. The molecule has 0 bridgehead atoms. The molecule has 0 heterocycles. The van der Waals surface area contributed by atoms with Gasteiger partial charge in [-0.1, -0.05) is 91.2 Å². The van der Waals surface area contributed by atoms with E-state index in [1.165, 1.54) is 63.4 Å². The maximum atomic E-state index is 9.06. The second-order valence-corrected chi connectivity index (χ2v) is 7.22. The van der Waals surface area contributed by atoms with Crippen LogP contribution in [-0.4, -0.2) is 0 Å². The van der Waals surface area contributed by atoms with Crippen molar-refractivity contribution in [2.45, 2.75) is 91.4 Å². The number of benzene rings is 1. The van der Waals surface area contributed by atoms with Crippen LogP contribution >= 0.6 is 0 Å². The quantitative estimate of drug-likeness (QED) is 0.365. The summed E-state index contributed by atoms with van der Waals surface area (Å²) in [6.07, 6.45) is 11.8. The Morgan fingerprint density at radius 2 is 1.50 bits per heavy atom. The van der Waals surface area contributed by atoms with Crippen molar-refractivity contribution in [3.8, 4) is 6.07 Å². The topological polar surface area (TPSA) is 23.8 Å². The first-order chi connectivity index (χ1) is 11.7. The SMILES string of the molecule is CCCCCC(CC)C(CC)C(CCCC)c1ccc(C#N)cc1. The molecule has 3 unspecified atom stereocenters. The van der Waals surface area contributed by atoms with Crippen LogP contribution in [0.1, 0.15) is 103 Å². The van der Waals surface area contributed by atoms with Crippen LogP contribution < -0.4 is 0 Å². The highest BCUT2D eigenvalue weighted by molar-refractivity contribution is 5.33. The van der Waals surface area contributed by atoms with Crippen molar-refractivity contribution < 1.29 is 0 Å². The summed E-state index contributed by atoms with van der Waals surface area (Å²) in [5, 5.41) is 9.06. The molecule has 1 nitrogen and oxygen atoms in total. The van der Waals surface area contributed by atoms with Gasteiger partial charge in [0.2, 0.25) is 0 Å². The van der Waals surface area contributed by atoms with Gasteiger partial charge in [0, 0.05) is 0 Å². The first kappa shape index (κ1) is 20.8. The molecule has 0 aliphatic heterocycles. The molecule has 0 N–H and O–H groups in total. The van der Waals surface area contributed by atoms with Gasteiger partial charge in [-0.3, -0.25) is 0 Å². The number of hydrogen-bond acceptors (Lipinski definition) is 1. The van der Waals surface area contributed by atoms with Crippen LogP contribution in [0, 0.1) is 23.2 Å². The summed E-state index contributed by atoms with van der Waals surface area (Å²) in [4.78, 5) is 0. The highest BCUT2D eigenvalue weighted by Gasteiger charge is 2.27. The van der Waals surface area contributed by atoms with Gasteiger partial charge in [-0.25, -0.2) is 0 Å². The van der Waals surface area contributed by atoms with Gasteiger partial charge >= 0.3 is 0 Å². The Morgan fingerprint density at radius 1 is 0.833 bits per heavy atom. The average molecular weight is 328 g/mol. The predicted molar refractivity (Wildman–Crippen MR) is 105 cm³/mol. The second kappa shape index (κ2) is 12.1. The van der Waals surface area contributed by atoms with E-state index in [-0.39, 0.29) is 0 Å². The summed E-state index contributed by atoms with van der Waals surface area (Å²) in [7, 11) is 0. The van der Waals surface area contributed by atoms with E-state index < -0.39 is 0 Å². The minimum absolute atomic E-state index is 0.647. The highest BCUT2D eigenvalue weighted by Crippen LogP contribution is 2.40. The molecule has 0 fully saturated rings. The minimum atomic E-state index is 0.647. The molecule has 1 aromatic rings. The summed E-state index contributed by atoms with van der Waals surface area (Å²) in [6, 6.07) is 10.7. The average Bonchev–Trinajstić information content (AvgIpc) is 2.63. The molecule has 24 heavy (non-hydrogen) atoms. The zero-order chi connectivity index (χ0) is 17.8. The van der Waals surface area contributed by atoms with Crippen molar-refractivity contribution in [2.75, 3.05) is 0 Å². The number of nitrogens with zero attached hydrogens (tertiary/aromatic N) is 1. The number of unbranched alkanes of at least 4 members (excludes halogenated alkanes) is 3. The highest BCUT2D eigenvalue weighted by atomic mass is 14.3. The molecule has 0 aromatic heterocycles. The maximum Gasteiger partial charge on any atom is 0.0991 e. The van der Waals surface area contributed by atoms with Gasteiger partial charge in [-0.15, -0.1) is 0 Å². The summed E-state index contributed by atoms with van der Waals surface area (Å²) < 4.78 is 0. The monoisotopic (exact) mass is 327 g/mol. The molecule has 1 heteroatoms. The Balaban J connectivity index is 2.97. The molecule has 1 aromatic carbocycles. The van der Waals surface area contributed by atoms with Crippen LogP contribution in [0.3, 0.4) is 0 Å². The molecule has 3 atom stereocenters. The maximum absolute atomic E-state index is 9.06. The van der Waals surface area contributed by atoms with Crippen LogP contribution in [0.5, 0.6) is 0 Å². The molecule has 0 aliphatic carbocycles. The lowest BCUT2D eigenvalue weighted by atomic mass is 9.71. The van der Waals surface area contributed by atoms with Crippen LogP contribution in [0.4, 0.5) is 0 Å². The van der Waals surface area contributed by atoms with Crippen molar-refractivity contribution in [2.24, 2.45) is 11.8 Å². The Kier molecular flexibility index (Phi) is 10.5. The van der Waals surface area contributed by atoms with Gasteiger partial charge < -0.3 is 0 Å². The summed E-state index contributed by atoms with van der Waals surface area (Å²) in [5.41, 5.74) is 2.22. The second-order valence-electron chi connectivity index (χ2n) is 7.22. The van der Waals surface area contributed by atoms with Crippen molar-refractivity contribution in [1.82, 2.24) is 0 Å². The van der Waals surface area contributed by atoms with Crippen molar-refractivity contribution in [3.63, 3.8) is 0 Å². The zero-order valence-electron chi connectivity index (χ0n) is 16.4. The molecular weight excluding hydrogens is 290 g/mol. The first-order valence-electron chi connectivity index (χ1n) is 10.2. The molecule has 1 rings (SSSR count). The largest absolute Gasteiger partial charge is 0.192 e. The summed E-state index contributed by atoms with van der Waals surface area (Å²) >= 11 is 0. The van der Waals surface area contributed by atoms with E-state index in [1.54, 1.807) is 0 Å². The molecule has 134 valence electrons. The molecule has 0 radical (unpaired) electrons. The third kappa shape index (κ3) is 6.31. The third-order valence-electron chi connectivity index (χ3n) is 5.63. The zero-order valence-corrected chi connectivity index (χ0v) is 16.4. The predicted octanol–water partition coefficient (Wildman–Crippen LogP) is 7.46. The fourth-order valence-corrected chi connectivity index (χ4v) is 4.18. The van der Waals surface area contributed by atoms with Crippen molar-refractivity contribution in [1.29, 1.82) is 5.26 Å². The molecule has 0 amide bonds. The van der Waals surface area contributed by atoms with E-state index in [4.69, 9.17) is 5.26 Å². The standard InChI is InChI=1S/C23H37N/c1-5-9-11-12-20(7-3)22(8-4)23(13-10-6-2)21-16-14-19(18-24)15-17-21/h14-17,20,22-23H,5-13H2,1-4H3.